The Morgan fingerprint density at radius 3 is 0.341 bits per heavy atom. The monoisotopic (exact) mass is 1250 g/mol. The molecule has 500 valence electrons. The van der Waals surface area contributed by atoms with Crippen LogP contribution in [0.4, 0.5) is 0 Å². The topological polar surface area (TPSA) is 27.7 Å². The van der Waals surface area contributed by atoms with Gasteiger partial charge < -0.3 is 0 Å². The van der Waals surface area contributed by atoms with E-state index in [4.69, 9.17) is 13.6 Å². The molecular formula is C87H129O3P. The fourth-order valence-electron chi connectivity index (χ4n) is 14.0. The van der Waals surface area contributed by atoms with Crippen molar-refractivity contribution in [3.63, 3.8) is 0 Å². The SMILES string of the molecule is CC(C)(C)c1cccc(C(C)(C)C)c1C(OP(OC(c1c(C(C)(C)C)cccc1C(C)(C)C)c1c(C(C)(C)C)cccc1C(C)(C)C)OC(c1c(C(C)(C)C)cccc1C(C)(C)C)c1c(C(C)(C)C)cccc1C(C)(C)C)c1c(C(C)(C)C)cccc1C(C)(C)C. The van der Waals surface area contributed by atoms with Crippen LogP contribution in [-0.2, 0) is 78.6 Å². The van der Waals surface area contributed by atoms with Crippen molar-refractivity contribution < 1.29 is 13.6 Å². The van der Waals surface area contributed by atoms with Gasteiger partial charge in [-0.3, -0.25) is 13.6 Å². The zero-order valence-electron chi connectivity index (χ0n) is 64.8. The number of rotatable bonds is 12. The van der Waals surface area contributed by atoms with Crippen LogP contribution in [0.1, 0.15) is 368 Å². The molecule has 0 aliphatic rings. The predicted octanol–water partition coefficient (Wildman–Crippen LogP) is 26.2. The zero-order chi connectivity index (χ0) is 69.6. The third kappa shape index (κ3) is 17.0. The average Bonchev–Trinajstić information content (AvgIpc) is 0.749. The second-order valence-corrected chi connectivity index (χ2v) is 40.4. The Morgan fingerprint density at radius 2 is 0.264 bits per heavy atom. The van der Waals surface area contributed by atoms with E-state index < -0.39 is 26.9 Å². The summed E-state index contributed by atoms with van der Waals surface area (Å²) in [4.78, 5) is 0. The molecule has 0 atom stereocenters. The van der Waals surface area contributed by atoms with Gasteiger partial charge in [0.25, 0.3) is 0 Å². The van der Waals surface area contributed by atoms with E-state index in [1.54, 1.807) is 0 Å². The Morgan fingerprint density at radius 1 is 0.176 bits per heavy atom. The minimum atomic E-state index is -2.50. The van der Waals surface area contributed by atoms with Crippen LogP contribution in [-0.4, -0.2) is 0 Å². The molecule has 0 spiro atoms. The normalized spacial score (nSPS) is 14.2. The maximum atomic E-state index is 8.94. The average molecular weight is 1250 g/mol. The molecular weight excluding hydrogens is 1120 g/mol. The molecule has 0 aromatic heterocycles. The summed E-state index contributed by atoms with van der Waals surface area (Å²) in [7, 11) is -2.50. The predicted molar refractivity (Wildman–Crippen MR) is 399 cm³/mol. The van der Waals surface area contributed by atoms with E-state index in [1.165, 1.54) is 100 Å². The van der Waals surface area contributed by atoms with Crippen LogP contribution in [0, 0.1) is 0 Å². The van der Waals surface area contributed by atoms with Gasteiger partial charge >= 0.3 is 8.60 Å². The maximum absolute atomic E-state index is 8.94. The maximum Gasteiger partial charge on any atom is 0.335 e. The van der Waals surface area contributed by atoms with Gasteiger partial charge in [-0.2, -0.15) is 0 Å². The second kappa shape index (κ2) is 25.6. The highest BCUT2D eigenvalue weighted by atomic mass is 31.2. The third-order valence-electron chi connectivity index (χ3n) is 18.5. The van der Waals surface area contributed by atoms with Crippen LogP contribution < -0.4 is 0 Å². The highest BCUT2D eigenvalue weighted by Gasteiger charge is 2.46. The molecule has 6 aromatic carbocycles. The van der Waals surface area contributed by atoms with Gasteiger partial charge in [0, 0.05) is 0 Å². The van der Waals surface area contributed by atoms with Crippen LogP contribution in [0.2, 0.25) is 0 Å². The Hall–Kier alpha value is -4.37. The first-order valence-electron chi connectivity index (χ1n) is 34.5. The number of hydrogen-bond acceptors (Lipinski definition) is 3. The molecule has 0 unspecified atom stereocenters. The fourth-order valence-corrected chi connectivity index (χ4v) is 15.3. The molecule has 0 heterocycles. The molecule has 0 radical (unpaired) electrons. The van der Waals surface area contributed by atoms with Crippen LogP contribution in [0.3, 0.4) is 0 Å². The molecule has 0 aliphatic heterocycles. The Labute approximate surface area is 560 Å². The van der Waals surface area contributed by atoms with Crippen molar-refractivity contribution in [1.29, 1.82) is 0 Å². The molecule has 0 amide bonds. The van der Waals surface area contributed by atoms with E-state index in [2.05, 4.69) is 358 Å². The number of hydrogen-bond donors (Lipinski definition) is 0. The Balaban J connectivity index is 2.10. The molecule has 0 N–H and O–H groups in total. The van der Waals surface area contributed by atoms with Gasteiger partial charge in [-0.05, 0) is 165 Å². The molecule has 0 aliphatic carbocycles. The van der Waals surface area contributed by atoms with Crippen molar-refractivity contribution in [1.82, 2.24) is 0 Å². The van der Waals surface area contributed by atoms with E-state index in [9.17, 15) is 0 Å². The highest BCUT2D eigenvalue weighted by molar-refractivity contribution is 7.41. The first-order valence-corrected chi connectivity index (χ1v) is 35.5. The lowest BCUT2D eigenvalue weighted by molar-refractivity contribution is 0.0897. The second-order valence-electron chi connectivity index (χ2n) is 39.3. The summed E-state index contributed by atoms with van der Waals surface area (Å²) in [6.45, 7) is 85.5. The smallest absolute Gasteiger partial charge is 0.299 e. The van der Waals surface area contributed by atoms with Crippen LogP contribution in [0.15, 0.2) is 109 Å². The molecule has 4 heteroatoms. The Bertz CT molecular complexity index is 2720. The molecule has 91 heavy (non-hydrogen) atoms. The molecule has 0 saturated carbocycles. The minimum Gasteiger partial charge on any atom is -0.299 e. The summed E-state index contributed by atoms with van der Waals surface area (Å²) in [5, 5.41) is 0. The summed E-state index contributed by atoms with van der Waals surface area (Å²) in [6, 6.07) is 42.2. The van der Waals surface area contributed by atoms with Crippen molar-refractivity contribution in [2.24, 2.45) is 0 Å². The van der Waals surface area contributed by atoms with Gasteiger partial charge in [0.15, 0.2) is 0 Å². The highest BCUT2D eigenvalue weighted by Crippen LogP contribution is 2.62. The largest absolute Gasteiger partial charge is 0.335 e. The van der Waals surface area contributed by atoms with Crippen molar-refractivity contribution >= 4 is 8.60 Å². The van der Waals surface area contributed by atoms with Gasteiger partial charge in [0.1, 0.15) is 18.3 Å². The van der Waals surface area contributed by atoms with Crippen molar-refractivity contribution in [2.45, 2.75) is 333 Å². The third-order valence-corrected chi connectivity index (χ3v) is 19.6. The van der Waals surface area contributed by atoms with E-state index in [0.717, 1.165) is 0 Å². The molecule has 6 rings (SSSR count). The van der Waals surface area contributed by atoms with Crippen LogP contribution in [0.25, 0.3) is 0 Å². The van der Waals surface area contributed by atoms with E-state index in [0.29, 0.717) is 0 Å². The summed E-state index contributed by atoms with van der Waals surface area (Å²) >= 11 is 0. The molecule has 0 saturated heterocycles. The van der Waals surface area contributed by atoms with E-state index >= 15 is 0 Å². The molecule has 0 fully saturated rings. The molecule has 0 bridgehead atoms. The van der Waals surface area contributed by atoms with E-state index in [1.807, 2.05) is 0 Å². The van der Waals surface area contributed by atoms with Gasteiger partial charge in [-0.25, -0.2) is 0 Å². The van der Waals surface area contributed by atoms with E-state index in [-0.39, 0.29) is 65.0 Å². The lowest BCUT2D eigenvalue weighted by Gasteiger charge is -2.43. The lowest BCUT2D eigenvalue weighted by atomic mass is 9.69. The quantitative estimate of drug-likeness (QED) is 0.114. The molecule has 6 aromatic rings. The van der Waals surface area contributed by atoms with Gasteiger partial charge in [-0.1, -0.05) is 358 Å². The van der Waals surface area contributed by atoms with Gasteiger partial charge in [-0.15, -0.1) is 0 Å². The first kappa shape index (κ1) is 75.7. The summed E-state index contributed by atoms with van der Waals surface area (Å²) < 4.78 is 26.8. The van der Waals surface area contributed by atoms with Crippen LogP contribution in [0.5, 0.6) is 0 Å². The summed E-state index contributed by atoms with van der Waals surface area (Å²) in [5.74, 6) is 0. The standard InChI is InChI=1S/C87H129O3P/c1-76(2,3)55-43-37-44-56(77(4,5)6)67(55)73(68-57(78(7,8)9)45-38-46-58(68)79(10,11)12)88-91(89-74(69-59(80(13,14)15)47-39-48-60(69)81(16,17)18)70-61(82(19,20)21)49-40-50-62(70)83(22,23)24)90-75(71-63(84(25,26)27)51-41-52-64(71)85(28,29)30)72-65(86(31,32)33)53-42-54-66(72)87(34,35)36/h37-54,73-75H,1-36H3. The lowest BCUT2D eigenvalue weighted by Crippen LogP contribution is -2.30. The fraction of sp³-hybridized carbons (Fsp3) is 0.586. The van der Waals surface area contributed by atoms with Crippen molar-refractivity contribution in [2.75, 3.05) is 0 Å². The Kier molecular flexibility index (Phi) is 21.3. The summed E-state index contributed by atoms with van der Waals surface area (Å²) in [5.41, 5.74) is 18.5. The first-order chi connectivity index (χ1) is 40.8. The number of benzene rings is 6. The van der Waals surface area contributed by atoms with Gasteiger partial charge in [0.05, 0.1) is 0 Å². The zero-order valence-corrected chi connectivity index (χ0v) is 65.7. The van der Waals surface area contributed by atoms with Crippen molar-refractivity contribution in [3.8, 4) is 0 Å². The minimum absolute atomic E-state index is 0.298. The van der Waals surface area contributed by atoms with Gasteiger partial charge in [0.2, 0.25) is 0 Å². The molecule has 3 nitrogen and oxygen atoms in total. The van der Waals surface area contributed by atoms with Crippen LogP contribution >= 0.6 is 8.60 Å². The van der Waals surface area contributed by atoms with Crippen molar-refractivity contribution in [3.05, 3.63) is 209 Å². The summed E-state index contributed by atoms with van der Waals surface area (Å²) in [6.07, 6.45) is -2.04.